The van der Waals surface area contributed by atoms with Gasteiger partial charge in [-0.25, -0.2) is 4.79 Å². The Balaban J connectivity index is 1.97. The van der Waals surface area contributed by atoms with E-state index in [9.17, 15) is 4.79 Å². The van der Waals surface area contributed by atoms with E-state index in [1.165, 1.54) is 0 Å². The lowest BCUT2D eigenvalue weighted by Gasteiger charge is -2.26. The zero-order chi connectivity index (χ0) is 19.1. The molecular weight excluding hydrogens is 382 g/mol. The van der Waals surface area contributed by atoms with E-state index in [2.05, 4.69) is 13.0 Å². The van der Waals surface area contributed by atoms with Crippen molar-refractivity contribution in [2.24, 2.45) is 5.73 Å². The number of halogens is 1. The van der Waals surface area contributed by atoms with Gasteiger partial charge in [-0.05, 0) is 43.2 Å². The lowest BCUT2D eigenvalue weighted by atomic mass is 9.87. The summed E-state index contributed by atoms with van der Waals surface area (Å²) in [5.74, 6) is -0.0250. The summed E-state index contributed by atoms with van der Waals surface area (Å²) in [7, 11) is 0. The molecule has 138 valence electrons. The third-order valence-electron chi connectivity index (χ3n) is 4.62. The molecule has 0 saturated heterocycles. The first kappa shape index (κ1) is 17.9. The lowest BCUT2D eigenvalue weighted by Crippen LogP contribution is -2.26. The van der Waals surface area contributed by atoms with Crippen LogP contribution >= 0.6 is 22.9 Å². The number of esters is 1. The van der Waals surface area contributed by atoms with E-state index in [4.69, 9.17) is 26.8 Å². The Morgan fingerprint density at radius 1 is 1.26 bits per heavy atom. The van der Waals surface area contributed by atoms with Gasteiger partial charge in [0.05, 0.1) is 17.4 Å². The molecule has 2 N–H and O–H groups in total. The molecule has 0 bridgehead atoms. The van der Waals surface area contributed by atoms with Gasteiger partial charge >= 0.3 is 5.97 Å². The smallest absolute Gasteiger partial charge is 0.340 e. The number of fused-ring (bicyclic) bond motifs is 3. The Labute approximate surface area is 166 Å². The molecule has 4 rings (SSSR count). The largest absolute Gasteiger partial charge is 0.462 e. The molecule has 27 heavy (non-hydrogen) atoms. The fourth-order valence-corrected chi connectivity index (χ4v) is 4.85. The Morgan fingerprint density at radius 2 is 2.00 bits per heavy atom. The van der Waals surface area contributed by atoms with Gasteiger partial charge in [-0.15, -0.1) is 11.3 Å². The average Bonchev–Trinajstić information content (AvgIpc) is 3.01. The number of rotatable bonds is 3. The first-order valence-corrected chi connectivity index (χ1v) is 9.82. The monoisotopic (exact) mass is 399 g/mol. The van der Waals surface area contributed by atoms with E-state index < -0.39 is 5.97 Å². The van der Waals surface area contributed by atoms with Crippen molar-refractivity contribution < 1.29 is 14.3 Å². The summed E-state index contributed by atoms with van der Waals surface area (Å²) in [6, 6.07) is 13.5. The summed E-state index contributed by atoms with van der Waals surface area (Å²) >= 11 is 7.68. The van der Waals surface area contributed by atoms with Gasteiger partial charge in [-0.3, -0.25) is 0 Å². The van der Waals surface area contributed by atoms with Crippen molar-refractivity contribution in [2.75, 3.05) is 6.61 Å². The summed E-state index contributed by atoms with van der Waals surface area (Å²) in [5, 5.41) is 1.63. The van der Waals surface area contributed by atoms with Gasteiger partial charge in [0.1, 0.15) is 5.57 Å². The molecule has 1 atom stereocenters. The molecular formula is C21H18ClNO3S. The molecule has 0 fully saturated rings. The Kier molecular flexibility index (Phi) is 4.58. The predicted octanol–water partition coefficient (Wildman–Crippen LogP) is 5.12. The predicted molar refractivity (Wildman–Crippen MR) is 108 cm³/mol. The Hall–Kier alpha value is -2.50. The maximum Gasteiger partial charge on any atom is 0.340 e. The summed E-state index contributed by atoms with van der Waals surface area (Å²) < 4.78 is 12.3. The van der Waals surface area contributed by atoms with Gasteiger partial charge in [-0.2, -0.15) is 0 Å². The van der Waals surface area contributed by atoms with E-state index >= 15 is 0 Å². The number of carbonyl (C=O) groups excluding carboxylic acids is 1. The van der Waals surface area contributed by atoms with Crippen LogP contribution in [-0.2, 0) is 9.53 Å². The molecule has 1 unspecified atom stereocenters. The highest BCUT2D eigenvalue weighted by molar-refractivity contribution is 7.19. The van der Waals surface area contributed by atoms with E-state index in [-0.39, 0.29) is 18.4 Å². The van der Waals surface area contributed by atoms with Crippen molar-refractivity contribution in [2.45, 2.75) is 19.8 Å². The first-order valence-electron chi connectivity index (χ1n) is 8.63. The van der Waals surface area contributed by atoms with Crippen molar-refractivity contribution in [3.8, 4) is 5.75 Å². The molecule has 1 aromatic heterocycles. The number of ether oxygens (including phenoxy) is 2. The van der Waals surface area contributed by atoms with E-state index in [0.29, 0.717) is 16.3 Å². The van der Waals surface area contributed by atoms with Crippen molar-refractivity contribution in [3.63, 3.8) is 0 Å². The quantitative estimate of drug-likeness (QED) is 0.621. The SMILES string of the molecule is CCOC(=O)C1=C(N)Oc2c(sc3c(C)cccc23)C1c1ccc(Cl)cc1. The van der Waals surface area contributed by atoms with Crippen molar-refractivity contribution >= 4 is 39.0 Å². The van der Waals surface area contributed by atoms with Crippen LogP contribution in [0.4, 0.5) is 0 Å². The molecule has 0 saturated carbocycles. The third kappa shape index (κ3) is 2.97. The van der Waals surface area contributed by atoms with Crippen molar-refractivity contribution in [1.82, 2.24) is 0 Å². The fourth-order valence-electron chi connectivity index (χ4n) is 3.39. The summed E-state index contributed by atoms with van der Waals surface area (Å²) in [4.78, 5) is 13.6. The van der Waals surface area contributed by atoms with Gasteiger partial charge in [0, 0.05) is 15.1 Å². The molecule has 2 heterocycles. The fraction of sp³-hybridized carbons (Fsp3) is 0.190. The summed E-state index contributed by atoms with van der Waals surface area (Å²) in [5.41, 5.74) is 8.61. The van der Waals surface area contributed by atoms with E-state index in [1.807, 2.05) is 36.4 Å². The molecule has 0 amide bonds. The van der Waals surface area contributed by atoms with Crippen LogP contribution in [0.25, 0.3) is 10.1 Å². The zero-order valence-corrected chi connectivity index (χ0v) is 16.5. The molecule has 4 nitrogen and oxygen atoms in total. The molecule has 1 aliphatic heterocycles. The normalized spacial score (nSPS) is 16.2. The number of benzene rings is 2. The molecule has 0 aliphatic carbocycles. The minimum absolute atomic E-state index is 0.0853. The maximum absolute atomic E-state index is 12.7. The molecule has 3 aromatic rings. The van der Waals surface area contributed by atoms with Crippen LogP contribution in [0.5, 0.6) is 5.75 Å². The standard InChI is InChI=1S/C21H18ClNO3S/c1-3-25-21(24)16-15(12-7-9-13(22)10-8-12)19-17(26-20(16)23)14-6-4-5-11(2)18(14)27-19/h4-10,15H,3,23H2,1-2H3. The van der Waals surface area contributed by atoms with E-state index in [1.54, 1.807) is 18.3 Å². The van der Waals surface area contributed by atoms with Gasteiger partial charge in [0.25, 0.3) is 0 Å². The lowest BCUT2D eigenvalue weighted by molar-refractivity contribution is -0.139. The van der Waals surface area contributed by atoms with Crippen LogP contribution in [0.15, 0.2) is 53.9 Å². The third-order valence-corrected chi connectivity index (χ3v) is 6.26. The molecule has 2 aromatic carbocycles. The van der Waals surface area contributed by atoms with Crippen LogP contribution in [-0.4, -0.2) is 12.6 Å². The Morgan fingerprint density at radius 3 is 2.70 bits per heavy atom. The summed E-state index contributed by atoms with van der Waals surface area (Å²) in [6.07, 6.45) is 0. The molecule has 0 spiro atoms. The first-order chi connectivity index (χ1) is 13.0. The summed E-state index contributed by atoms with van der Waals surface area (Å²) in [6.45, 7) is 4.09. The molecule has 0 radical (unpaired) electrons. The van der Waals surface area contributed by atoms with Crippen LogP contribution < -0.4 is 10.5 Å². The average molecular weight is 400 g/mol. The number of nitrogens with two attached hydrogens (primary N) is 1. The van der Waals surface area contributed by atoms with Crippen LogP contribution in [0.1, 0.15) is 28.8 Å². The maximum atomic E-state index is 12.7. The van der Waals surface area contributed by atoms with Crippen LogP contribution in [0.2, 0.25) is 5.02 Å². The van der Waals surface area contributed by atoms with Gasteiger partial charge in [-0.1, -0.05) is 35.9 Å². The van der Waals surface area contributed by atoms with Gasteiger partial charge < -0.3 is 15.2 Å². The topological polar surface area (TPSA) is 61.5 Å². The number of carbonyl (C=O) groups is 1. The highest BCUT2D eigenvalue weighted by atomic mass is 35.5. The number of thiophene rings is 1. The molecule has 1 aliphatic rings. The molecule has 6 heteroatoms. The van der Waals surface area contributed by atoms with Crippen LogP contribution in [0.3, 0.4) is 0 Å². The minimum atomic E-state index is -0.463. The highest BCUT2D eigenvalue weighted by Crippen LogP contribution is 2.51. The van der Waals surface area contributed by atoms with Gasteiger partial charge in [0.2, 0.25) is 5.88 Å². The highest BCUT2D eigenvalue weighted by Gasteiger charge is 2.38. The minimum Gasteiger partial charge on any atom is -0.462 e. The number of hydrogen-bond donors (Lipinski definition) is 1. The second-order valence-corrected chi connectivity index (χ2v) is 7.82. The second-order valence-electron chi connectivity index (χ2n) is 6.33. The second kappa shape index (κ2) is 6.91. The zero-order valence-electron chi connectivity index (χ0n) is 14.9. The number of aryl methyl sites for hydroxylation is 1. The van der Waals surface area contributed by atoms with Gasteiger partial charge in [0.15, 0.2) is 5.75 Å². The van der Waals surface area contributed by atoms with E-state index in [0.717, 1.165) is 26.1 Å². The number of hydrogen-bond acceptors (Lipinski definition) is 5. The van der Waals surface area contributed by atoms with Crippen molar-refractivity contribution in [3.05, 3.63) is 74.9 Å². The van der Waals surface area contributed by atoms with Crippen molar-refractivity contribution in [1.29, 1.82) is 0 Å². The van der Waals surface area contributed by atoms with Crippen LogP contribution in [0, 0.1) is 6.92 Å². The Bertz CT molecular complexity index is 1070.